The molecule has 0 bridgehead atoms. The normalized spacial score (nSPS) is 22.4. The van der Waals surface area contributed by atoms with Gasteiger partial charge in [-0.25, -0.2) is 14.8 Å². The molecular weight excluding hydrogens is 421 g/mol. The summed E-state index contributed by atoms with van der Waals surface area (Å²) in [4.78, 5) is 23.3. The van der Waals surface area contributed by atoms with Crippen molar-refractivity contribution in [3.8, 4) is 0 Å². The van der Waals surface area contributed by atoms with E-state index in [2.05, 4.69) is 9.97 Å². The monoisotopic (exact) mass is 440 g/mol. The first kappa shape index (κ1) is 20.3. The molecule has 1 aromatic heterocycles. The molecule has 9 heteroatoms. The third-order valence-corrected chi connectivity index (χ3v) is 5.81. The minimum atomic E-state index is -4.73. The summed E-state index contributed by atoms with van der Waals surface area (Å²) in [5.41, 5.74) is 0.202. The van der Waals surface area contributed by atoms with Gasteiger partial charge in [-0.15, -0.1) is 0 Å². The Bertz CT molecular complexity index is 1160. The molecule has 0 saturated carbocycles. The zero-order chi connectivity index (χ0) is 22.5. The van der Waals surface area contributed by atoms with Crippen molar-refractivity contribution in [2.24, 2.45) is 0 Å². The van der Waals surface area contributed by atoms with E-state index < -0.39 is 23.9 Å². The fourth-order valence-electron chi connectivity index (χ4n) is 4.55. The molecule has 2 aliphatic rings. The van der Waals surface area contributed by atoms with Crippen LogP contribution >= 0.6 is 0 Å². The zero-order valence-electron chi connectivity index (χ0n) is 17.1. The number of aromatic nitrogens is 2. The summed E-state index contributed by atoms with van der Waals surface area (Å²) in [6.07, 6.45) is -2.74. The summed E-state index contributed by atoms with van der Waals surface area (Å²) < 4.78 is 49.5. The molecule has 32 heavy (non-hydrogen) atoms. The van der Waals surface area contributed by atoms with Crippen molar-refractivity contribution in [2.45, 2.75) is 31.3 Å². The van der Waals surface area contributed by atoms with Crippen LogP contribution < -0.4 is 4.90 Å². The van der Waals surface area contributed by atoms with Gasteiger partial charge in [-0.2, -0.15) is 13.2 Å². The second-order valence-electron chi connectivity index (χ2n) is 7.98. The minimum Gasteiger partial charge on any atom is -0.433 e. The quantitative estimate of drug-likeness (QED) is 0.590. The predicted molar refractivity (Wildman–Crippen MR) is 110 cm³/mol. The molecule has 3 heterocycles. The van der Waals surface area contributed by atoms with Gasteiger partial charge in [0.25, 0.3) is 0 Å². The van der Waals surface area contributed by atoms with Gasteiger partial charge in [-0.05, 0) is 30.7 Å². The number of ether oxygens (including phenoxy) is 1. The van der Waals surface area contributed by atoms with Crippen molar-refractivity contribution in [3.05, 3.63) is 83.7 Å². The summed E-state index contributed by atoms with van der Waals surface area (Å²) in [7, 11) is 0. The zero-order valence-corrected chi connectivity index (χ0v) is 17.1. The van der Waals surface area contributed by atoms with Crippen LogP contribution in [0.1, 0.15) is 16.7 Å². The van der Waals surface area contributed by atoms with Crippen molar-refractivity contribution in [1.82, 2.24) is 14.9 Å². The molecule has 6 nitrogen and oxygen atoms in total. The highest BCUT2D eigenvalue weighted by Crippen LogP contribution is 2.56. The van der Waals surface area contributed by atoms with Gasteiger partial charge in [-0.3, -0.25) is 9.80 Å². The smallest absolute Gasteiger partial charge is 0.413 e. The van der Waals surface area contributed by atoms with Gasteiger partial charge in [0.1, 0.15) is 0 Å². The lowest BCUT2D eigenvalue weighted by Gasteiger charge is -2.34. The van der Waals surface area contributed by atoms with E-state index >= 15 is 0 Å². The fourth-order valence-corrected chi connectivity index (χ4v) is 4.55. The third-order valence-electron chi connectivity index (χ3n) is 5.81. The Morgan fingerprint density at radius 1 is 1.09 bits per heavy atom. The molecule has 164 valence electrons. The van der Waals surface area contributed by atoms with Crippen LogP contribution in [0.4, 0.5) is 29.6 Å². The number of hydrogen-bond donors (Lipinski definition) is 0. The van der Waals surface area contributed by atoms with Crippen LogP contribution in [0.2, 0.25) is 0 Å². The van der Waals surface area contributed by atoms with Crippen LogP contribution in [-0.2, 0) is 16.9 Å². The fraction of sp³-hybridized carbons (Fsp3) is 0.261. The lowest BCUT2D eigenvalue weighted by Crippen LogP contribution is -2.54. The highest BCUT2D eigenvalue weighted by molar-refractivity contribution is 5.78. The van der Waals surface area contributed by atoms with E-state index in [0.29, 0.717) is 5.56 Å². The maximum absolute atomic E-state index is 14.6. The lowest BCUT2D eigenvalue weighted by molar-refractivity contribution is -0.183. The molecule has 2 atom stereocenters. The van der Waals surface area contributed by atoms with E-state index in [1.54, 1.807) is 25.1 Å². The van der Waals surface area contributed by atoms with E-state index in [1.165, 1.54) is 23.4 Å². The largest absolute Gasteiger partial charge is 0.433 e. The van der Waals surface area contributed by atoms with E-state index in [0.717, 1.165) is 16.0 Å². The summed E-state index contributed by atoms with van der Waals surface area (Å²) >= 11 is 0. The Labute approximate surface area is 182 Å². The Balaban J connectivity index is 1.65. The number of hydrogen-bond acceptors (Lipinski definition) is 5. The number of carbonyl (C=O) groups excluding carboxylic acids is 1. The molecule has 0 N–H and O–H groups in total. The first-order valence-electron chi connectivity index (χ1n) is 10.1. The van der Waals surface area contributed by atoms with Crippen molar-refractivity contribution < 1.29 is 22.7 Å². The van der Waals surface area contributed by atoms with Gasteiger partial charge < -0.3 is 4.74 Å². The number of carbonyl (C=O) groups is 1. The summed E-state index contributed by atoms with van der Waals surface area (Å²) in [5, 5.41) is 0. The molecule has 1 fully saturated rings. The van der Waals surface area contributed by atoms with E-state index in [1.807, 2.05) is 30.3 Å². The minimum absolute atomic E-state index is 0.102. The average molecular weight is 440 g/mol. The van der Waals surface area contributed by atoms with Crippen molar-refractivity contribution in [2.75, 3.05) is 11.4 Å². The molecule has 1 amide bonds. The van der Waals surface area contributed by atoms with Crippen LogP contribution in [-0.4, -0.2) is 39.7 Å². The predicted octanol–water partition coefficient (Wildman–Crippen LogP) is 4.72. The number of fused-ring (bicyclic) bond motifs is 2. The first-order chi connectivity index (χ1) is 15.3. The number of halogens is 3. The molecule has 0 aliphatic carbocycles. The van der Waals surface area contributed by atoms with Gasteiger partial charge in [0.2, 0.25) is 5.95 Å². The second kappa shape index (κ2) is 7.22. The number of alkyl halides is 3. The topological polar surface area (TPSA) is 58.6 Å². The number of benzene rings is 2. The van der Waals surface area contributed by atoms with E-state index in [-0.39, 0.29) is 24.7 Å². The van der Waals surface area contributed by atoms with E-state index in [4.69, 9.17) is 4.74 Å². The first-order valence-corrected chi connectivity index (χ1v) is 10.1. The van der Waals surface area contributed by atoms with Crippen LogP contribution in [0, 0.1) is 6.92 Å². The Hall–Kier alpha value is -3.62. The number of nitrogens with zero attached hydrogens (tertiary/aromatic N) is 4. The Kier molecular flexibility index (Phi) is 4.58. The Morgan fingerprint density at radius 3 is 2.50 bits per heavy atom. The number of amides is 1. The van der Waals surface area contributed by atoms with Gasteiger partial charge >= 0.3 is 12.3 Å². The molecule has 1 spiro atoms. The van der Waals surface area contributed by atoms with Crippen LogP contribution in [0.15, 0.2) is 67.0 Å². The van der Waals surface area contributed by atoms with Crippen molar-refractivity contribution in [1.29, 1.82) is 0 Å². The van der Waals surface area contributed by atoms with Gasteiger partial charge in [0, 0.05) is 24.5 Å². The van der Waals surface area contributed by atoms with Crippen molar-refractivity contribution in [3.63, 3.8) is 0 Å². The van der Waals surface area contributed by atoms with Crippen LogP contribution in [0.5, 0.6) is 0 Å². The van der Waals surface area contributed by atoms with Crippen LogP contribution in [0.3, 0.4) is 0 Å². The average Bonchev–Trinajstić information content (AvgIpc) is 3.23. The van der Waals surface area contributed by atoms with Crippen molar-refractivity contribution >= 4 is 17.7 Å². The number of anilines is 2. The molecule has 0 radical (unpaired) electrons. The summed E-state index contributed by atoms with van der Waals surface area (Å²) in [6, 6.07) is 13.4. The van der Waals surface area contributed by atoms with Crippen LogP contribution in [0.25, 0.3) is 0 Å². The van der Waals surface area contributed by atoms with Gasteiger partial charge in [0.05, 0.1) is 12.2 Å². The number of rotatable bonds is 3. The highest BCUT2D eigenvalue weighted by Gasteiger charge is 2.69. The molecule has 0 unspecified atom stereocenters. The second-order valence-corrected chi connectivity index (χ2v) is 7.98. The highest BCUT2D eigenvalue weighted by atomic mass is 19.4. The third kappa shape index (κ3) is 3.16. The van der Waals surface area contributed by atoms with Gasteiger partial charge in [-0.1, -0.05) is 42.0 Å². The molecule has 2 aromatic carbocycles. The summed E-state index contributed by atoms with van der Waals surface area (Å²) in [5.74, 6) is -0.102. The molecule has 1 saturated heterocycles. The van der Waals surface area contributed by atoms with Gasteiger partial charge in [0.15, 0.2) is 11.6 Å². The number of aryl methyl sites for hydroxylation is 1. The maximum atomic E-state index is 14.6. The van der Waals surface area contributed by atoms with E-state index in [9.17, 15) is 18.0 Å². The lowest BCUT2D eigenvalue weighted by atomic mass is 9.88. The molecule has 3 aromatic rings. The standard InChI is InChI=1S/C23H19F3N4O2/c1-15-8-9-18-17(12-15)22(14-29(21(31)32-22)13-16-6-3-2-4-7-16)19(23(24,25)26)30(18)20-27-10-5-11-28-20/h2-12,19H,13-14H2,1H3/t19-,22-/m1/s1. The molecule has 2 aliphatic heterocycles. The summed E-state index contributed by atoms with van der Waals surface area (Å²) in [6.45, 7) is 1.69. The molecular formula is C23H19F3N4O2. The maximum Gasteiger partial charge on any atom is 0.413 e. The Morgan fingerprint density at radius 2 is 1.81 bits per heavy atom. The SMILES string of the molecule is Cc1ccc2c(c1)[C@]1(CN(Cc3ccccc3)C(=O)O1)[C@H](C(F)(F)F)N2c1ncccn1. The molecule has 5 rings (SSSR count).